The minimum absolute atomic E-state index is 0.00585. The Morgan fingerprint density at radius 2 is 1.93 bits per heavy atom. The van der Waals surface area contributed by atoms with Gasteiger partial charge in [0, 0.05) is 19.2 Å². The maximum atomic E-state index is 11.7. The molecule has 0 aliphatic heterocycles. The molecule has 0 spiro atoms. The lowest BCUT2D eigenvalue weighted by Crippen LogP contribution is -2.29. The predicted octanol–water partition coefficient (Wildman–Crippen LogP) is 1.06. The van der Waals surface area contributed by atoms with Gasteiger partial charge in [-0.05, 0) is 19.1 Å². The Balaban J connectivity index is 2.74. The van der Waals surface area contributed by atoms with Crippen LogP contribution in [0, 0.1) is 6.92 Å². The normalized spacial score (nSPS) is 9.93. The quantitative estimate of drug-likeness (QED) is 0.779. The number of likely N-dealkylation sites (N-methyl/N-ethyl adjacent to an activating group) is 1. The first-order valence-corrected chi connectivity index (χ1v) is 4.58. The molecule has 0 unspecified atom stereocenters. The number of carbonyl (C=O) groups excluding carboxylic acids is 1. The van der Waals surface area contributed by atoms with E-state index in [0.29, 0.717) is 12.1 Å². The molecule has 0 atom stereocenters. The molecule has 1 aromatic carbocycles. The highest BCUT2D eigenvalue weighted by Crippen LogP contribution is 2.05. The first-order chi connectivity index (χ1) is 6.65. The van der Waals surface area contributed by atoms with Crippen LogP contribution in [0.15, 0.2) is 24.3 Å². The van der Waals surface area contributed by atoms with Gasteiger partial charge < -0.3 is 10.0 Å². The highest BCUT2D eigenvalue weighted by Gasteiger charge is 2.09. The molecule has 0 aliphatic rings. The highest BCUT2D eigenvalue weighted by molar-refractivity contribution is 5.94. The van der Waals surface area contributed by atoms with Crippen LogP contribution in [-0.4, -0.2) is 36.1 Å². The zero-order valence-corrected chi connectivity index (χ0v) is 8.53. The fourth-order valence-corrected chi connectivity index (χ4v) is 1.17. The standard InChI is InChI=1S/C11H15NO2/c1-9-3-5-10(6-4-9)11(14)12(2)7-8-13/h3-6,13H,7-8H2,1-2H3. The van der Waals surface area contributed by atoms with Crippen molar-refractivity contribution in [3.8, 4) is 0 Å². The fraction of sp³-hybridized carbons (Fsp3) is 0.364. The summed E-state index contributed by atoms with van der Waals surface area (Å²) in [4.78, 5) is 13.2. The maximum absolute atomic E-state index is 11.7. The topological polar surface area (TPSA) is 40.5 Å². The van der Waals surface area contributed by atoms with Gasteiger partial charge in [-0.1, -0.05) is 17.7 Å². The summed E-state index contributed by atoms with van der Waals surface area (Å²) >= 11 is 0. The number of amides is 1. The van der Waals surface area contributed by atoms with Gasteiger partial charge in [-0.2, -0.15) is 0 Å². The van der Waals surface area contributed by atoms with E-state index in [9.17, 15) is 4.79 Å². The third kappa shape index (κ3) is 2.57. The molecule has 0 aromatic heterocycles. The van der Waals surface area contributed by atoms with Crippen molar-refractivity contribution in [2.75, 3.05) is 20.2 Å². The highest BCUT2D eigenvalue weighted by atomic mass is 16.3. The van der Waals surface area contributed by atoms with Gasteiger partial charge in [0.25, 0.3) is 5.91 Å². The third-order valence-electron chi connectivity index (χ3n) is 2.08. The van der Waals surface area contributed by atoms with Crippen molar-refractivity contribution >= 4 is 5.91 Å². The summed E-state index contributed by atoms with van der Waals surface area (Å²) in [6, 6.07) is 7.40. The van der Waals surface area contributed by atoms with E-state index < -0.39 is 0 Å². The molecule has 3 heteroatoms. The van der Waals surface area contributed by atoms with E-state index in [2.05, 4.69) is 0 Å². The number of benzene rings is 1. The van der Waals surface area contributed by atoms with Crippen molar-refractivity contribution in [2.45, 2.75) is 6.92 Å². The smallest absolute Gasteiger partial charge is 0.253 e. The second-order valence-electron chi connectivity index (χ2n) is 3.32. The lowest BCUT2D eigenvalue weighted by atomic mass is 10.1. The Morgan fingerprint density at radius 3 is 2.43 bits per heavy atom. The number of hydrogen-bond acceptors (Lipinski definition) is 2. The molecule has 14 heavy (non-hydrogen) atoms. The number of carbonyl (C=O) groups is 1. The third-order valence-corrected chi connectivity index (χ3v) is 2.08. The van der Waals surface area contributed by atoms with E-state index in [1.54, 1.807) is 19.2 Å². The number of hydrogen-bond donors (Lipinski definition) is 1. The number of aliphatic hydroxyl groups is 1. The van der Waals surface area contributed by atoms with Gasteiger partial charge in [0.2, 0.25) is 0 Å². The maximum Gasteiger partial charge on any atom is 0.253 e. The van der Waals surface area contributed by atoms with Crippen molar-refractivity contribution in [1.82, 2.24) is 4.90 Å². The Kier molecular flexibility index (Phi) is 3.65. The molecule has 1 N–H and O–H groups in total. The molecule has 1 amide bonds. The van der Waals surface area contributed by atoms with Crippen molar-refractivity contribution in [3.05, 3.63) is 35.4 Å². The lowest BCUT2D eigenvalue weighted by molar-refractivity contribution is 0.0767. The molecular weight excluding hydrogens is 178 g/mol. The first-order valence-electron chi connectivity index (χ1n) is 4.58. The molecular formula is C11H15NO2. The molecule has 0 fully saturated rings. The van der Waals surface area contributed by atoms with Crippen molar-refractivity contribution in [3.63, 3.8) is 0 Å². The van der Waals surface area contributed by atoms with Gasteiger partial charge in [0.1, 0.15) is 0 Å². The van der Waals surface area contributed by atoms with E-state index >= 15 is 0 Å². The van der Waals surface area contributed by atoms with E-state index in [-0.39, 0.29) is 12.5 Å². The van der Waals surface area contributed by atoms with Gasteiger partial charge in [-0.3, -0.25) is 4.79 Å². The van der Waals surface area contributed by atoms with Gasteiger partial charge in [0.05, 0.1) is 6.61 Å². The summed E-state index contributed by atoms with van der Waals surface area (Å²) in [6.45, 7) is 2.34. The monoisotopic (exact) mass is 193 g/mol. The summed E-state index contributed by atoms with van der Waals surface area (Å²) in [5, 5.41) is 8.68. The SMILES string of the molecule is Cc1ccc(C(=O)N(C)CCO)cc1. The van der Waals surface area contributed by atoms with Crippen LogP contribution in [0.2, 0.25) is 0 Å². The number of aryl methyl sites for hydroxylation is 1. The first kappa shape index (κ1) is 10.7. The average Bonchev–Trinajstić information content (AvgIpc) is 2.18. The van der Waals surface area contributed by atoms with Crippen molar-refractivity contribution in [1.29, 1.82) is 0 Å². The molecule has 0 aliphatic carbocycles. The molecule has 0 radical (unpaired) electrons. The van der Waals surface area contributed by atoms with Crippen LogP contribution in [0.5, 0.6) is 0 Å². The van der Waals surface area contributed by atoms with E-state index in [1.165, 1.54) is 4.90 Å². The van der Waals surface area contributed by atoms with E-state index in [1.807, 2.05) is 19.1 Å². The van der Waals surface area contributed by atoms with Crippen molar-refractivity contribution < 1.29 is 9.90 Å². The van der Waals surface area contributed by atoms with E-state index in [4.69, 9.17) is 5.11 Å². The van der Waals surface area contributed by atoms with Crippen LogP contribution in [0.25, 0.3) is 0 Å². The van der Waals surface area contributed by atoms with Crippen LogP contribution in [0.1, 0.15) is 15.9 Å². The van der Waals surface area contributed by atoms with Crippen LogP contribution in [0.3, 0.4) is 0 Å². The Bertz CT molecular complexity index is 306. The van der Waals surface area contributed by atoms with Crippen LogP contribution >= 0.6 is 0 Å². The summed E-state index contributed by atoms with van der Waals surface area (Å²) in [7, 11) is 1.68. The lowest BCUT2D eigenvalue weighted by Gasteiger charge is -2.15. The summed E-state index contributed by atoms with van der Waals surface area (Å²) < 4.78 is 0. The summed E-state index contributed by atoms with van der Waals surface area (Å²) in [6.07, 6.45) is 0. The molecule has 0 heterocycles. The number of nitrogens with zero attached hydrogens (tertiary/aromatic N) is 1. The summed E-state index contributed by atoms with van der Waals surface area (Å²) in [5.74, 6) is -0.0564. The molecule has 1 rings (SSSR count). The Labute approximate surface area is 84.0 Å². The van der Waals surface area contributed by atoms with Crippen LogP contribution in [0.4, 0.5) is 0 Å². The molecule has 0 bridgehead atoms. The van der Waals surface area contributed by atoms with Gasteiger partial charge in [-0.15, -0.1) is 0 Å². The zero-order chi connectivity index (χ0) is 10.6. The molecule has 1 aromatic rings. The molecule has 0 saturated carbocycles. The Hall–Kier alpha value is -1.35. The van der Waals surface area contributed by atoms with Gasteiger partial charge >= 0.3 is 0 Å². The number of rotatable bonds is 3. The molecule has 0 saturated heterocycles. The molecule has 3 nitrogen and oxygen atoms in total. The van der Waals surface area contributed by atoms with E-state index in [0.717, 1.165) is 5.56 Å². The number of aliphatic hydroxyl groups excluding tert-OH is 1. The second-order valence-corrected chi connectivity index (χ2v) is 3.32. The predicted molar refractivity (Wildman–Crippen MR) is 55.2 cm³/mol. The second kappa shape index (κ2) is 4.77. The van der Waals surface area contributed by atoms with Crippen LogP contribution < -0.4 is 0 Å². The minimum atomic E-state index is -0.0564. The summed E-state index contributed by atoms with van der Waals surface area (Å²) in [5.41, 5.74) is 1.79. The average molecular weight is 193 g/mol. The minimum Gasteiger partial charge on any atom is -0.395 e. The van der Waals surface area contributed by atoms with Crippen LogP contribution in [-0.2, 0) is 0 Å². The fourth-order valence-electron chi connectivity index (χ4n) is 1.17. The molecule has 76 valence electrons. The van der Waals surface area contributed by atoms with Gasteiger partial charge in [-0.25, -0.2) is 0 Å². The largest absolute Gasteiger partial charge is 0.395 e. The van der Waals surface area contributed by atoms with Gasteiger partial charge in [0.15, 0.2) is 0 Å². The Morgan fingerprint density at radius 1 is 1.36 bits per heavy atom. The van der Waals surface area contributed by atoms with Crippen molar-refractivity contribution in [2.24, 2.45) is 0 Å². The zero-order valence-electron chi connectivity index (χ0n) is 8.53.